The molecule has 42 heavy (non-hydrogen) atoms. The van der Waals surface area contributed by atoms with Gasteiger partial charge >= 0.3 is 11.9 Å². The molecule has 0 aliphatic carbocycles. The molecule has 0 saturated heterocycles. The first-order valence-electron chi connectivity index (χ1n) is 15.5. The van der Waals surface area contributed by atoms with Crippen LogP contribution in [0.15, 0.2) is 66.7 Å². The van der Waals surface area contributed by atoms with E-state index in [4.69, 9.17) is 18.9 Å². The molecule has 6 heteroatoms. The lowest BCUT2D eigenvalue weighted by molar-refractivity contribution is -0.134. The highest BCUT2D eigenvalue weighted by molar-refractivity contribution is 5.73. The summed E-state index contributed by atoms with van der Waals surface area (Å²) in [6.07, 6.45) is 12.3. The number of carbonyl (C=O) groups is 2. The van der Waals surface area contributed by atoms with E-state index >= 15 is 0 Å². The highest BCUT2D eigenvalue weighted by atomic mass is 16.5. The van der Waals surface area contributed by atoms with Crippen molar-refractivity contribution in [3.63, 3.8) is 0 Å². The first-order valence-corrected chi connectivity index (χ1v) is 15.5. The summed E-state index contributed by atoms with van der Waals surface area (Å²) >= 11 is 0. The summed E-state index contributed by atoms with van der Waals surface area (Å²) in [5.41, 5.74) is 2.90. The van der Waals surface area contributed by atoms with E-state index < -0.39 is 0 Å². The Morgan fingerprint density at radius 2 is 1.52 bits per heavy atom. The van der Waals surface area contributed by atoms with Crippen molar-refractivity contribution in [2.24, 2.45) is 0 Å². The van der Waals surface area contributed by atoms with Crippen molar-refractivity contribution in [3.05, 3.63) is 83.4 Å². The van der Waals surface area contributed by atoms with Gasteiger partial charge in [-0.15, -0.1) is 0 Å². The molecule has 1 unspecified atom stereocenters. The summed E-state index contributed by atoms with van der Waals surface area (Å²) < 4.78 is 23.6. The van der Waals surface area contributed by atoms with E-state index in [1.54, 1.807) is 18.2 Å². The fraction of sp³-hybridized carbons (Fsp3) is 0.444. The van der Waals surface area contributed by atoms with Crippen molar-refractivity contribution >= 4 is 11.9 Å². The van der Waals surface area contributed by atoms with Gasteiger partial charge in [0.25, 0.3) is 0 Å². The average molecular weight is 573 g/mol. The van der Waals surface area contributed by atoms with Crippen LogP contribution in [0.2, 0.25) is 0 Å². The molecule has 1 aliphatic heterocycles. The molecule has 0 bridgehead atoms. The number of fused-ring (bicyclic) bond motifs is 1. The van der Waals surface area contributed by atoms with Gasteiger partial charge in [0.05, 0.1) is 0 Å². The fourth-order valence-corrected chi connectivity index (χ4v) is 5.25. The van der Waals surface area contributed by atoms with E-state index in [1.165, 1.54) is 45.4 Å². The maximum absolute atomic E-state index is 12.9. The van der Waals surface area contributed by atoms with Crippen LogP contribution in [0.1, 0.15) is 107 Å². The average Bonchev–Trinajstić information content (AvgIpc) is 2.99. The minimum absolute atomic E-state index is 0.243. The lowest BCUT2D eigenvalue weighted by Gasteiger charge is -2.28. The van der Waals surface area contributed by atoms with Gasteiger partial charge in [-0.1, -0.05) is 94.7 Å². The van der Waals surface area contributed by atoms with Gasteiger partial charge in [0.1, 0.15) is 35.7 Å². The maximum Gasteiger partial charge on any atom is 0.311 e. The third kappa shape index (κ3) is 9.93. The third-order valence-corrected chi connectivity index (χ3v) is 7.53. The Hall–Kier alpha value is -3.80. The van der Waals surface area contributed by atoms with Crippen molar-refractivity contribution in [2.45, 2.75) is 104 Å². The second-order valence-electron chi connectivity index (χ2n) is 11.0. The minimum Gasteiger partial charge on any atom is -0.489 e. The summed E-state index contributed by atoms with van der Waals surface area (Å²) in [5, 5.41) is 0. The van der Waals surface area contributed by atoms with Gasteiger partial charge in [-0.25, -0.2) is 0 Å². The van der Waals surface area contributed by atoms with Gasteiger partial charge < -0.3 is 18.9 Å². The van der Waals surface area contributed by atoms with Crippen LogP contribution in [-0.2, 0) is 22.6 Å². The molecule has 3 aromatic rings. The highest BCUT2D eigenvalue weighted by Gasteiger charge is 2.26. The van der Waals surface area contributed by atoms with E-state index in [9.17, 15) is 9.59 Å². The standard InChI is InChI=1S/C36H44O6/c1-3-4-5-6-7-8-9-10-14-17-36(38)42-35-24-30(39-26-28-15-12-11-13-16-28)21-22-32(35)33-23-19-29-18-20-31(40-27(2)37)25-34(29)41-33/h11-13,15-16,18,20-22,24-25,33H,3-10,14,17,19,23,26H2,1-2H3. The summed E-state index contributed by atoms with van der Waals surface area (Å²) in [6.45, 7) is 4.03. The molecule has 1 atom stereocenters. The molecule has 0 amide bonds. The van der Waals surface area contributed by atoms with Crippen LogP contribution in [0.3, 0.4) is 0 Å². The second kappa shape index (κ2) is 16.6. The van der Waals surface area contributed by atoms with Crippen LogP contribution in [-0.4, -0.2) is 11.9 Å². The van der Waals surface area contributed by atoms with Gasteiger partial charge in [-0.2, -0.15) is 0 Å². The molecule has 6 nitrogen and oxygen atoms in total. The normalized spacial score (nSPS) is 14.0. The van der Waals surface area contributed by atoms with Gasteiger partial charge in [0.15, 0.2) is 0 Å². The molecular formula is C36H44O6. The number of benzene rings is 3. The number of esters is 2. The molecule has 0 aromatic heterocycles. The summed E-state index contributed by atoms with van der Waals surface area (Å²) in [6, 6.07) is 21.0. The van der Waals surface area contributed by atoms with Crippen molar-refractivity contribution < 1.29 is 28.5 Å². The Morgan fingerprint density at radius 3 is 2.26 bits per heavy atom. The van der Waals surface area contributed by atoms with Crippen LogP contribution in [0.5, 0.6) is 23.0 Å². The summed E-state index contributed by atoms with van der Waals surface area (Å²) in [4.78, 5) is 24.4. The quantitative estimate of drug-likeness (QED) is 0.0968. The van der Waals surface area contributed by atoms with Crippen molar-refractivity contribution in [1.82, 2.24) is 0 Å². The van der Waals surface area contributed by atoms with E-state index in [2.05, 4.69) is 6.92 Å². The molecule has 0 radical (unpaired) electrons. The molecule has 3 aromatic carbocycles. The maximum atomic E-state index is 12.9. The zero-order valence-electron chi connectivity index (χ0n) is 25.1. The van der Waals surface area contributed by atoms with Crippen LogP contribution < -0.4 is 18.9 Å². The number of unbranched alkanes of at least 4 members (excludes halogenated alkanes) is 8. The van der Waals surface area contributed by atoms with Gasteiger partial charge in [-0.05, 0) is 48.6 Å². The molecular weight excluding hydrogens is 528 g/mol. The molecule has 0 fully saturated rings. The summed E-state index contributed by atoms with van der Waals surface area (Å²) in [7, 11) is 0. The van der Waals surface area contributed by atoms with Crippen molar-refractivity contribution in [1.29, 1.82) is 0 Å². The number of aryl methyl sites for hydroxylation is 1. The molecule has 0 N–H and O–H groups in total. The lowest BCUT2D eigenvalue weighted by Crippen LogP contribution is -2.18. The predicted octanol–water partition coefficient (Wildman–Crippen LogP) is 9.08. The highest BCUT2D eigenvalue weighted by Crippen LogP contribution is 2.41. The molecule has 0 saturated carbocycles. The number of ether oxygens (including phenoxy) is 4. The van der Waals surface area contributed by atoms with Gasteiger partial charge in [-0.3, -0.25) is 9.59 Å². The molecule has 0 spiro atoms. The SMILES string of the molecule is CCCCCCCCCCCC(=O)Oc1cc(OCc2ccccc2)ccc1C1CCc2ccc(OC(C)=O)cc2O1. The van der Waals surface area contributed by atoms with Crippen LogP contribution >= 0.6 is 0 Å². The first kappa shape index (κ1) is 31.1. The monoisotopic (exact) mass is 572 g/mol. The zero-order valence-corrected chi connectivity index (χ0v) is 25.1. The van der Waals surface area contributed by atoms with Crippen molar-refractivity contribution in [2.75, 3.05) is 0 Å². The molecule has 1 heterocycles. The van der Waals surface area contributed by atoms with E-state index in [0.717, 1.165) is 48.8 Å². The molecule has 1 aliphatic rings. The Bertz CT molecular complexity index is 1290. The first-order chi connectivity index (χ1) is 20.5. The minimum atomic E-state index is -0.380. The Morgan fingerprint density at radius 1 is 0.810 bits per heavy atom. The smallest absolute Gasteiger partial charge is 0.311 e. The predicted molar refractivity (Wildman–Crippen MR) is 164 cm³/mol. The third-order valence-electron chi connectivity index (χ3n) is 7.53. The zero-order chi connectivity index (χ0) is 29.6. The largest absolute Gasteiger partial charge is 0.489 e. The number of hydrogen-bond acceptors (Lipinski definition) is 6. The second-order valence-corrected chi connectivity index (χ2v) is 11.0. The topological polar surface area (TPSA) is 71.1 Å². The van der Waals surface area contributed by atoms with E-state index in [-0.39, 0.29) is 18.0 Å². The number of hydrogen-bond donors (Lipinski definition) is 0. The molecule has 4 rings (SSSR count). The van der Waals surface area contributed by atoms with Crippen LogP contribution in [0.4, 0.5) is 0 Å². The summed E-state index contributed by atoms with van der Waals surface area (Å²) in [5.74, 6) is 1.58. The van der Waals surface area contributed by atoms with Gasteiger partial charge in [0.2, 0.25) is 0 Å². The van der Waals surface area contributed by atoms with Gasteiger partial charge in [0, 0.05) is 31.0 Å². The Kier molecular flexibility index (Phi) is 12.3. The van der Waals surface area contributed by atoms with E-state index in [0.29, 0.717) is 36.0 Å². The van der Waals surface area contributed by atoms with Crippen LogP contribution in [0.25, 0.3) is 0 Å². The number of rotatable bonds is 16. The lowest BCUT2D eigenvalue weighted by atomic mass is 9.96. The van der Waals surface area contributed by atoms with Crippen LogP contribution in [0, 0.1) is 0 Å². The molecule has 224 valence electrons. The van der Waals surface area contributed by atoms with E-state index in [1.807, 2.05) is 48.5 Å². The fourth-order valence-electron chi connectivity index (χ4n) is 5.25. The number of carbonyl (C=O) groups excluding carboxylic acids is 2. The van der Waals surface area contributed by atoms with Crippen molar-refractivity contribution in [3.8, 4) is 23.0 Å². The Labute approximate surface area is 250 Å². The Balaban J connectivity index is 1.40.